The number of hydrogen-bond donors (Lipinski definition) is 1. The van der Waals surface area contributed by atoms with Gasteiger partial charge in [0.15, 0.2) is 0 Å². The Hall–Kier alpha value is -1.02. The van der Waals surface area contributed by atoms with E-state index in [2.05, 4.69) is 55.4 Å². The third kappa shape index (κ3) is 3.73. The second-order valence-corrected chi connectivity index (χ2v) is 5.82. The van der Waals surface area contributed by atoms with E-state index >= 15 is 0 Å². The van der Waals surface area contributed by atoms with Crippen molar-refractivity contribution in [2.75, 3.05) is 18.5 Å². The van der Waals surface area contributed by atoms with Crippen molar-refractivity contribution in [1.82, 2.24) is 5.32 Å². The molecule has 1 fully saturated rings. The largest absolute Gasteiger partial charge is 0.372 e. The van der Waals surface area contributed by atoms with Gasteiger partial charge in [0.25, 0.3) is 0 Å². The van der Waals surface area contributed by atoms with Crippen LogP contribution < -0.4 is 10.2 Å². The van der Waals surface area contributed by atoms with Gasteiger partial charge in [0.05, 0.1) is 0 Å². The zero-order valence-electron chi connectivity index (χ0n) is 12.7. The van der Waals surface area contributed by atoms with Crippen LogP contribution in [0.3, 0.4) is 0 Å². The summed E-state index contributed by atoms with van der Waals surface area (Å²) >= 11 is 0. The summed E-state index contributed by atoms with van der Waals surface area (Å²) in [5.74, 6) is 0. The molecule has 2 rings (SSSR count). The van der Waals surface area contributed by atoms with Crippen LogP contribution in [-0.2, 0) is 0 Å². The van der Waals surface area contributed by atoms with Gasteiger partial charge in [-0.2, -0.15) is 0 Å². The zero-order chi connectivity index (χ0) is 13.7. The molecule has 1 aliphatic rings. The van der Waals surface area contributed by atoms with Crippen LogP contribution in [0, 0.1) is 0 Å². The van der Waals surface area contributed by atoms with E-state index in [1.807, 2.05) is 0 Å². The smallest absolute Gasteiger partial charge is 0.0366 e. The fourth-order valence-electron chi connectivity index (χ4n) is 2.98. The molecule has 0 saturated heterocycles. The van der Waals surface area contributed by atoms with Gasteiger partial charge in [-0.05, 0) is 50.4 Å². The van der Waals surface area contributed by atoms with Crippen LogP contribution >= 0.6 is 0 Å². The molecule has 0 bridgehead atoms. The molecule has 106 valence electrons. The molecule has 1 aliphatic carbocycles. The van der Waals surface area contributed by atoms with Crippen molar-refractivity contribution in [3.63, 3.8) is 0 Å². The molecule has 1 aromatic carbocycles. The molecule has 0 aliphatic heterocycles. The van der Waals surface area contributed by atoms with Gasteiger partial charge >= 0.3 is 0 Å². The van der Waals surface area contributed by atoms with Crippen molar-refractivity contribution in [2.45, 2.75) is 58.0 Å². The van der Waals surface area contributed by atoms with Crippen LogP contribution in [0.25, 0.3) is 0 Å². The van der Waals surface area contributed by atoms with Crippen molar-refractivity contribution < 1.29 is 0 Å². The van der Waals surface area contributed by atoms with Crippen LogP contribution in [0.1, 0.15) is 57.6 Å². The molecule has 1 atom stereocenters. The lowest BCUT2D eigenvalue weighted by Gasteiger charge is -2.27. The molecule has 0 amide bonds. The van der Waals surface area contributed by atoms with E-state index in [1.54, 1.807) is 0 Å². The second kappa shape index (κ2) is 6.95. The minimum Gasteiger partial charge on any atom is -0.372 e. The molecule has 0 radical (unpaired) electrons. The van der Waals surface area contributed by atoms with Gasteiger partial charge in [0, 0.05) is 24.8 Å². The highest BCUT2D eigenvalue weighted by molar-refractivity contribution is 5.48. The lowest BCUT2D eigenvalue weighted by molar-refractivity contribution is 0.570. The number of nitrogens with zero attached hydrogens (tertiary/aromatic N) is 1. The van der Waals surface area contributed by atoms with Crippen molar-refractivity contribution in [2.24, 2.45) is 0 Å². The molecule has 1 saturated carbocycles. The van der Waals surface area contributed by atoms with Crippen LogP contribution in [-0.4, -0.2) is 19.6 Å². The lowest BCUT2D eigenvalue weighted by Crippen LogP contribution is -2.28. The lowest BCUT2D eigenvalue weighted by atomic mass is 10.1. The Morgan fingerprint density at radius 1 is 1.21 bits per heavy atom. The fourth-order valence-corrected chi connectivity index (χ4v) is 2.98. The molecular formula is C17H28N2. The topological polar surface area (TPSA) is 15.3 Å². The molecule has 1 N–H and O–H groups in total. The first kappa shape index (κ1) is 14.4. The van der Waals surface area contributed by atoms with E-state index in [0.717, 1.165) is 12.6 Å². The summed E-state index contributed by atoms with van der Waals surface area (Å²) in [6.45, 7) is 5.54. The number of benzene rings is 1. The Morgan fingerprint density at radius 3 is 2.42 bits per heavy atom. The fraction of sp³-hybridized carbons (Fsp3) is 0.647. The summed E-state index contributed by atoms with van der Waals surface area (Å²) in [4.78, 5) is 2.46. The Bertz CT molecular complexity index is 365. The van der Waals surface area contributed by atoms with Gasteiger partial charge in [0.1, 0.15) is 0 Å². The molecule has 0 heterocycles. The predicted octanol–water partition coefficient (Wildman–Crippen LogP) is 4.13. The molecule has 0 aromatic heterocycles. The Morgan fingerprint density at radius 2 is 1.84 bits per heavy atom. The van der Waals surface area contributed by atoms with Crippen molar-refractivity contribution >= 4 is 5.69 Å². The maximum Gasteiger partial charge on any atom is 0.0366 e. The van der Waals surface area contributed by atoms with Gasteiger partial charge < -0.3 is 10.2 Å². The Kier molecular flexibility index (Phi) is 5.26. The first-order valence-electron chi connectivity index (χ1n) is 7.78. The van der Waals surface area contributed by atoms with Gasteiger partial charge in [-0.25, -0.2) is 0 Å². The quantitative estimate of drug-likeness (QED) is 0.827. The summed E-state index contributed by atoms with van der Waals surface area (Å²) in [6, 6.07) is 10.3. The SMILES string of the molecule is CCCNC(C)c1ccc(N(C)C2CCCC2)cc1. The van der Waals surface area contributed by atoms with Crippen LogP contribution in [0.2, 0.25) is 0 Å². The summed E-state index contributed by atoms with van der Waals surface area (Å²) in [5.41, 5.74) is 2.75. The average Bonchev–Trinajstić information content (AvgIpc) is 2.98. The minimum absolute atomic E-state index is 0.450. The summed E-state index contributed by atoms with van der Waals surface area (Å²) in [5, 5.41) is 3.54. The third-order valence-corrected chi connectivity index (χ3v) is 4.37. The van der Waals surface area contributed by atoms with Gasteiger partial charge in [-0.3, -0.25) is 0 Å². The monoisotopic (exact) mass is 260 g/mol. The second-order valence-electron chi connectivity index (χ2n) is 5.82. The van der Waals surface area contributed by atoms with E-state index in [4.69, 9.17) is 0 Å². The maximum absolute atomic E-state index is 3.54. The standard InChI is InChI=1S/C17H28N2/c1-4-13-18-14(2)15-9-11-17(12-10-15)19(3)16-7-5-6-8-16/h9-12,14,16,18H,4-8,13H2,1-3H3. The molecular weight excluding hydrogens is 232 g/mol. The van der Waals surface area contributed by atoms with Gasteiger partial charge in [0.2, 0.25) is 0 Å². The van der Waals surface area contributed by atoms with Crippen molar-refractivity contribution in [3.05, 3.63) is 29.8 Å². The van der Waals surface area contributed by atoms with E-state index in [-0.39, 0.29) is 0 Å². The molecule has 2 nitrogen and oxygen atoms in total. The highest BCUT2D eigenvalue weighted by atomic mass is 15.1. The number of rotatable bonds is 6. The van der Waals surface area contributed by atoms with Crippen LogP contribution in [0.4, 0.5) is 5.69 Å². The number of hydrogen-bond acceptors (Lipinski definition) is 2. The Balaban J connectivity index is 1.97. The van der Waals surface area contributed by atoms with Crippen molar-refractivity contribution in [1.29, 1.82) is 0 Å². The molecule has 1 aromatic rings. The van der Waals surface area contributed by atoms with E-state index in [0.29, 0.717) is 6.04 Å². The van der Waals surface area contributed by atoms with Gasteiger partial charge in [-0.1, -0.05) is 31.9 Å². The first-order valence-corrected chi connectivity index (χ1v) is 7.78. The van der Waals surface area contributed by atoms with Crippen molar-refractivity contribution in [3.8, 4) is 0 Å². The van der Waals surface area contributed by atoms with Crippen LogP contribution in [0.5, 0.6) is 0 Å². The number of nitrogens with one attached hydrogen (secondary N) is 1. The van der Waals surface area contributed by atoms with E-state index in [9.17, 15) is 0 Å². The summed E-state index contributed by atoms with van der Waals surface area (Å²) in [7, 11) is 2.24. The molecule has 1 unspecified atom stereocenters. The van der Waals surface area contributed by atoms with Crippen LogP contribution in [0.15, 0.2) is 24.3 Å². The molecule has 19 heavy (non-hydrogen) atoms. The average molecular weight is 260 g/mol. The van der Waals surface area contributed by atoms with E-state index < -0.39 is 0 Å². The molecule has 0 spiro atoms. The highest BCUT2D eigenvalue weighted by Gasteiger charge is 2.19. The zero-order valence-corrected chi connectivity index (χ0v) is 12.7. The Labute approximate surface area is 118 Å². The maximum atomic E-state index is 3.54. The number of anilines is 1. The summed E-state index contributed by atoms with van der Waals surface area (Å²) in [6.07, 6.45) is 6.68. The van der Waals surface area contributed by atoms with E-state index in [1.165, 1.54) is 43.4 Å². The predicted molar refractivity (Wildman–Crippen MR) is 83.8 cm³/mol. The first-order chi connectivity index (χ1) is 9.22. The normalized spacial score (nSPS) is 17.6. The highest BCUT2D eigenvalue weighted by Crippen LogP contribution is 2.27. The van der Waals surface area contributed by atoms with Gasteiger partial charge in [-0.15, -0.1) is 0 Å². The molecule has 2 heteroatoms. The minimum atomic E-state index is 0.450. The summed E-state index contributed by atoms with van der Waals surface area (Å²) < 4.78 is 0. The third-order valence-electron chi connectivity index (χ3n) is 4.37.